The molecule has 1 heterocycles. The summed E-state index contributed by atoms with van der Waals surface area (Å²) in [6, 6.07) is 5.77. The highest BCUT2D eigenvalue weighted by molar-refractivity contribution is 9.10. The molecule has 1 aliphatic heterocycles. The smallest absolute Gasteiger partial charge is 0.245 e. The number of nitrogens with zero attached hydrogens (tertiary/aromatic N) is 1. The zero-order valence-corrected chi connectivity index (χ0v) is 13.3. The van der Waals surface area contributed by atoms with E-state index in [0.29, 0.717) is 25.8 Å². The first-order valence-electron chi connectivity index (χ1n) is 7.23. The van der Waals surface area contributed by atoms with Crippen molar-refractivity contribution >= 4 is 27.5 Å². The number of ether oxygens (including phenoxy) is 1. The van der Waals surface area contributed by atoms with Gasteiger partial charge in [-0.2, -0.15) is 0 Å². The van der Waals surface area contributed by atoms with Crippen LogP contribution in [0.2, 0.25) is 0 Å². The van der Waals surface area contributed by atoms with E-state index in [9.17, 15) is 9.90 Å². The summed E-state index contributed by atoms with van der Waals surface area (Å²) >= 11 is 3.54. The van der Waals surface area contributed by atoms with E-state index in [2.05, 4.69) is 26.1 Å². The summed E-state index contributed by atoms with van der Waals surface area (Å²) in [5, 5.41) is 12.2. The van der Waals surface area contributed by atoms with Crippen LogP contribution in [0.3, 0.4) is 0 Å². The second-order valence-electron chi connectivity index (χ2n) is 5.51. The Morgan fingerprint density at radius 3 is 2.95 bits per heavy atom. The number of amides is 1. The number of carbonyl (C=O) groups excluding carboxylic acids is 1. The van der Waals surface area contributed by atoms with Gasteiger partial charge in [0.1, 0.15) is 6.04 Å². The molecule has 2 aliphatic rings. The van der Waals surface area contributed by atoms with Gasteiger partial charge in [0.15, 0.2) is 0 Å². The lowest BCUT2D eigenvalue weighted by Gasteiger charge is -2.37. The van der Waals surface area contributed by atoms with Crippen LogP contribution in [0.4, 0.5) is 5.69 Å². The van der Waals surface area contributed by atoms with Crippen molar-refractivity contribution in [2.45, 2.75) is 31.5 Å². The van der Waals surface area contributed by atoms with E-state index in [0.717, 1.165) is 28.6 Å². The standard InChI is InChI=1S/C15H19BrN2O3/c16-12-7-10(8-19)1-4-13(12)18-5-6-21-9-14(18)15(20)17-11-2-3-11/h1,4,7,11,14,19H,2-3,5-6,8-9H2,(H,17,20). The first-order valence-corrected chi connectivity index (χ1v) is 8.02. The Labute approximate surface area is 132 Å². The van der Waals surface area contributed by atoms with Crippen molar-refractivity contribution < 1.29 is 14.6 Å². The normalized spacial score (nSPS) is 22.2. The molecule has 0 bridgehead atoms. The molecular weight excluding hydrogens is 336 g/mol. The molecule has 6 heteroatoms. The van der Waals surface area contributed by atoms with Crippen molar-refractivity contribution in [3.05, 3.63) is 28.2 Å². The van der Waals surface area contributed by atoms with Crippen LogP contribution in [0, 0.1) is 0 Å². The van der Waals surface area contributed by atoms with Gasteiger partial charge in [-0.3, -0.25) is 4.79 Å². The van der Waals surface area contributed by atoms with Gasteiger partial charge in [0, 0.05) is 17.1 Å². The summed E-state index contributed by atoms with van der Waals surface area (Å²) in [6.07, 6.45) is 2.16. The van der Waals surface area contributed by atoms with Crippen LogP contribution < -0.4 is 10.2 Å². The van der Waals surface area contributed by atoms with E-state index in [1.165, 1.54) is 0 Å². The van der Waals surface area contributed by atoms with Gasteiger partial charge in [-0.15, -0.1) is 0 Å². The first kappa shape index (κ1) is 14.8. The molecule has 1 atom stereocenters. The number of rotatable bonds is 4. The van der Waals surface area contributed by atoms with Gasteiger partial charge < -0.3 is 20.1 Å². The van der Waals surface area contributed by atoms with Crippen LogP contribution in [0.1, 0.15) is 18.4 Å². The van der Waals surface area contributed by atoms with Crippen molar-refractivity contribution in [1.82, 2.24) is 5.32 Å². The quantitative estimate of drug-likeness (QED) is 0.858. The maximum absolute atomic E-state index is 12.4. The third-order valence-electron chi connectivity index (χ3n) is 3.86. The van der Waals surface area contributed by atoms with Crippen LogP contribution in [0.25, 0.3) is 0 Å². The summed E-state index contributed by atoms with van der Waals surface area (Å²) in [5.74, 6) is 0.0373. The number of aliphatic hydroxyl groups is 1. The molecule has 1 aliphatic carbocycles. The minimum absolute atomic E-state index is 0.00753. The van der Waals surface area contributed by atoms with Crippen molar-refractivity contribution in [2.24, 2.45) is 0 Å². The highest BCUT2D eigenvalue weighted by atomic mass is 79.9. The molecule has 5 nitrogen and oxygen atoms in total. The summed E-state index contributed by atoms with van der Waals surface area (Å²) in [6.45, 7) is 1.71. The highest BCUT2D eigenvalue weighted by Gasteiger charge is 2.33. The van der Waals surface area contributed by atoms with Crippen molar-refractivity contribution in [1.29, 1.82) is 0 Å². The van der Waals surface area contributed by atoms with Gasteiger partial charge in [0.05, 0.1) is 25.5 Å². The van der Waals surface area contributed by atoms with Crippen LogP contribution in [-0.2, 0) is 16.1 Å². The molecule has 1 aromatic rings. The van der Waals surface area contributed by atoms with E-state index in [1.54, 1.807) is 0 Å². The highest BCUT2D eigenvalue weighted by Crippen LogP contribution is 2.30. The number of aliphatic hydroxyl groups excluding tert-OH is 1. The number of hydrogen-bond donors (Lipinski definition) is 2. The minimum Gasteiger partial charge on any atom is -0.392 e. The Balaban J connectivity index is 1.81. The predicted octanol–water partition coefficient (Wildman–Crippen LogP) is 1.43. The number of morpholine rings is 1. The maximum Gasteiger partial charge on any atom is 0.245 e. The third kappa shape index (κ3) is 3.39. The lowest BCUT2D eigenvalue weighted by molar-refractivity contribution is -0.124. The summed E-state index contributed by atoms with van der Waals surface area (Å²) in [4.78, 5) is 14.5. The number of hydrogen-bond acceptors (Lipinski definition) is 4. The van der Waals surface area contributed by atoms with Crippen LogP contribution >= 0.6 is 15.9 Å². The van der Waals surface area contributed by atoms with E-state index < -0.39 is 0 Å². The van der Waals surface area contributed by atoms with E-state index in [1.807, 2.05) is 18.2 Å². The zero-order chi connectivity index (χ0) is 14.8. The van der Waals surface area contributed by atoms with Crippen molar-refractivity contribution in [3.8, 4) is 0 Å². The van der Waals surface area contributed by atoms with Gasteiger partial charge in [-0.1, -0.05) is 6.07 Å². The molecule has 3 rings (SSSR count). The van der Waals surface area contributed by atoms with E-state index >= 15 is 0 Å². The Bertz CT molecular complexity index is 534. The second kappa shape index (κ2) is 6.34. The molecule has 114 valence electrons. The van der Waals surface area contributed by atoms with Gasteiger partial charge in [0.25, 0.3) is 0 Å². The molecule has 1 amide bonds. The van der Waals surface area contributed by atoms with Crippen molar-refractivity contribution in [3.63, 3.8) is 0 Å². The molecule has 21 heavy (non-hydrogen) atoms. The molecule has 0 radical (unpaired) electrons. The molecule has 1 unspecified atom stereocenters. The van der Waals surface area contributed by atoms with Crippen LogP contribution in [0.5, 0.6) is 0 Å². The molecule has 1 saturated heterocycles. The molecule has 2 fully saturated rings. The number of halogens is 1. The fourth-order valence-corrected chi connectivity index (χ4v) is 3.17. The fourth-order valence-electron chi connectivity index (χ4n) is 2.52. The third-order valence-corrected chi connectivity index (χ3v) is 4.49. The molecule has 0 aromatic heterocycles. The van der Waals surface area contributed by atoms with Gasteiger partial charge >= 0.3 is 0 Å². The van der Waals surface area contributed by atoms with Gasteiger partial charge in [-0.25, -0.2) is 0 Å². The Hall–Kier alpha value is -1.11. The van der Waals surface area contributed by atoms with Gasteiger partial charge in [0.2, 0.25) is 5.91 Å². The SMILES string of the molecule is O=C(NC1CC1)C1COCCN1c1ccc(CO)cc1Br. The van der Waals surface area contributed by atoms with E-state index in [-0.39, 0.29) is 18.6 Å². The lowest BCUT2D eigenvalue weighted by atomic mass is 10.1. The predicted molar refractivity (Wildman–Crippen MR) is 83.2 cm³/mol. The van der Waals surface area contributed by atoms with E-state index in [4.69, 9.17) is 4.74 Å². The Kier molecular flexibility index (Phi) is 4.47. The molecule has 1 saturated carbocycles. The molecule has 2 N–H and O–H groups in total. The zero-order valence-electron chi connectivity index (χ0n) is 11.7. The summed E-state index contributed by atoms with van der Waals surface area (Å²) in [7, 11) is 0. The molecule has 1 aromatic carbocycles. The van der Waals surface area contributed by atoms with Crippen LogP contribution in [-0.4, -0.2) is 42.9 Å². The van der Waals surface area contributed by atoms with Crippen LogP contribution in [0.15, 0.2) is 22.7 Å². The molecule has 0 spiro atoms. The Morgan fingerprint density at radius 1 is 1.48 bits per heavy atom. The minimum atomic E-state index is -0.296. The molecular formula is C15H19BrN2O3. The average molecular weight is 355 g/mol. The number of benzene rings is 1. The number of nitrogens with one attached hydrogen (secondary N) is 1. The monoisotopic (exact) mass is 354 g/mol. The van der Waals surface area contributed by atoms with Gasteiger partial charge in [-0.05, 0) is 46.5 Å². The first-order chi connectivity index (χ1) is 10.2. The second-order valence-corrected chi connectivity index (χ2v) is 6.37. The number of carbonyl (C=O) groups is 1. The average Bonchev–Trinajstić information content (AvgIpc) is 3.31. The summed E-state index contributed by atoms with van der Waals surface area (Å²) < 4.78 is 6.37. The summed E-state index contributed by atoms with van der Waals surface area (Å²) in [5.41, 5.74) is 1.81. The fraction of sp³-hybridized carbons (Fsp3) is 0.533. The maximum atomic E-state index is 12.4. The number of anilines is 1. The largest absolute Gasteiger partial charge is 0.392 e. The Morgan fingerprint density at radius 2 is 2.29 bits per heavy atom. The van der Waals surface area contributed by atoms with Crippen molar-refractivity contribution in [2.75, 3.05) is 24.7 Å². The topological polar surface area (TPSA) is 61.8 Å². The lowest BCUT2D eigenvalue weighted by Crippen LogP contribution is -2.54.